The van der Waals surface area contributed by atoms with Gasteiger partial charge in [0.25, 0.3) is 0 Å². The van der Waals surface area contributed by atoms with Gasteiger partial charge in [0.1, 0.15) is 5.75 Å². The van der Waals surface area contributed by atoms with Crippen LogP contribution in [0.1, 0.15) is 31.2 Å². The van der Waals surface area contributed by atoms with E-state index >= 15 is 0 Å². The number of hydrogen-bond acceptors (Lipinski definition) is 3. The molecule has 1 fully saturated rings. The first-order valence-corrected chi connectivity index (χ1v) is 5.86. The van der Waals surface area contributed by atoms with E-state index in [4.69, 9.17) is 17.3 Å². The van der Waals surface area contributed by atoms with Gasteiger partial charge in [-0.05, 0) is 31.7 Å². The molecule has 16 heavy (non-hydrogen) atoms. The van der Waals surface area contributed by atoms with Crippen molar-refractivity contribution >= 4 is 11.6 Å². The third-order valence-corrected chi connectivity index (χ3v) is 3.68. The van der Waals surface area contributed by atoms with Gasteiger partial charge in [-0.25, -0.2) is 0 Å². The average molecular weight is 242 g/mol. The number of halogens is 1. The Morgan fingerprint density at radius 3 is 2.56 bits per heavy atom. The Balaban J connectivity index is 2.32. The van der Waals surface area contributed by atoms with Crippen LogP contribution in [-0.2, 0) is 5.54 Å². The van der Waals surface area contributed by atoms with Gasteiger partial charge in [0.2, 0.25) is 0 Å². The second kappa shape index (κ2) is 4.24. The summed E-state index contributed by atoms with van der Waals surface area (Å²) in [7, 11) is 0. The van der Waals surface area contributed by atoms with Gasteiger partial charge in [0.05, 0.1) is 11.1 Å². The zero-order chi connectivity index (χ0) is 11.8. The quantitative estimate of drug-likeness (QED) is 0.706. The van der Waals surface area contributed by atoms with Gasteiger partial charge in [-0.2, -0.15) is 0 Å². The molecule has 0 saturated heterocycles. The van der Waals surface area contributed by atoms with E-state index in [0.29, 0.717) is 36.3 Å². The van der Waals surface area contributed by atoms with Crippen molar-refractivity contribution in [3.63, 3.8) is 0 Å². The summed E-state index contributed by atoms with van der Waals surface area (Å²) in [6.45, 7) is 0. The maximum absolute atomic E-state index is 9.91. The molecule has 88 valence electrons. The van der Waals surface area contributed by atoms with Crippen molar-refractivity contribution in [1.29, 1.82) is 0 Å². The van der Waals surface area contributed by atoms with Crippen LogP contribution in [0.3, 0.4) is 0 Å². The number of hydrogen-bond donors (Lipinski definition) is 3. The number of rotatable bonds is 1. The van der Waals surface area contributed by atoms with E-state index in [0.717, 1.165) is 0 Å². The molecule has 0 amide bonds. The molecule has 4 heteroatoms. The Bertz CT molecular complexity index is 387. The van der Waals surface area contributed by atoms with Gasteiger partial charge in [-0.15, -0.1) is 0 Å². The molecular weight excluding hydrogens is 226 g/mol. The Kier molecular flexibility index (Phi) is 3.10. The van der Waals surface area contributed by atoms with E-state index in [9.17, 15) is 10.2 Å². The summed E-state index contributed by atoms with van der Waals surface area (Å²) in [5, 5.41) is 19.7. The van der Waals surface area contributed by atoms with Crippen molar-refractivity contribution in [3.8, 4) is 5.75 Å². The summed E-state index contributed by atoms with van der Waals surface area (Å²) < 4.78 is 0. The first kappa shape index (κ1) is 11.7. The van der Waals surface area contributed by atoms with Crippen LogP contribution in [0.25, 0.3) is 0 Å². The molecule has 0 heterocycles. The smallest absolute Gasteiger partial charge is 0.139 e. The molecule has 2 rings (SSSR count). The van der Waals surface area contributed by atoms with Gasteiger partial charge in [-0.1, -0.05) is 23.7 Å². The summed E-state index contributed by atoms with van der Waals surface area (Å²) in [4.78, 5) is 0. The number of aromatic hydroxyl groups is 1. The highest BCUT2D eigenvalue weighted by molar-refractivity contribution is 6.32. The fourth-order valence-electron chi connectivity index (χ4n) is 2.30. The number of nitrogens with two attached hydrogens (primary N) is 1. The van der Waals surface area contributed by atoms with Gasteiger partial charge < -0.3 is 15.9 Å². The largest absolute Gasteiger partial charge is 0.506 e. The number of phenolic OH excluding ortho intramolecular Hbond substituents is 1. The van der Waals surface area contributed by atoms with E-state index in [1.54, 1.807) is 18.2 Å². The Labute approximate surface area is 99.8 Å². The van der Waals surface area contributed by atoms with Crippen LogP contribution in [0.4, 0.5) is 0 Å². The van der Waals surface area contributed by atoms with Gasteiger partial charge in [-0.3, -0.25) is 0 Å². The maximum atomic E-state index is 9.91. The summed E-state index contributed by atoms with van der Waals surface area (Å²) in [6.07, 6.45) is 2.41. The summed E-state index contributed by atoms with van der Waals surface area (Å²) >= 11 is 5.87. The fraction of sp³-hybridized carbons (Fsp3) is 0.500. The standard InChI is InChI=1S/C12H16ClNO2/c13-10-3-1-2-9(11(10)16)12(14)6-4-8(15)5-7-12/h1-3,8,15-16H,4-7,14H2. The number of phenols is 1. The van der Waals surface area contributed by atoms with E-state index in [-0.39, 0.29) is 11.9 Å². The molecule has 1 aromatic rings. The van der Waals surface area contributed by atoms with Crippen LogP contribution in [0.15, 0.2) is 18.2 Å². The summed E-state index contributed by atoms with van der Waals surface area (Å²) in [5.41, 5.74) is 6.41. The van der Waals surface area contributed by atoms with Crippen molar-refractivity contribution < 1.29 is 10.2 Å². The lowest BCUT2D eigenvalue weighted by molar-refractivity contribution is 0.0960. The Hall–Kier alpha value is -0.770. The van der Waals surface area contributed by atoms with Crippen molar-refractivity contribution in [2.45, 2.75) is 37.3 Å². The van der Waals surface area contributed by atoms with Crippen molar-refractivity contribution in [2.75, 3.05) is 0 Å². The Morgan fingerprint density at radius 2 is 1.94 bits per heavy atom. The minimum Gasteiger partial charge on any atom is -0.506 e. The van der Waals surface area contributed by atoms with Crippen molar-refractivity contribution in [2.24, 2.45) is 5.73 Å². The minimum absolute atomic E-state index is 0.0723. The highest BCUT2D eigenvalue weighted by atomic mass is 35.5. The van der Waals surface area contributed by atoms with E-state index in [2.05, 4.69) is 0 Å². The first-order chi connectivity index (χ1) is 7.53. The normalized spacial score (nSPS) is 30.3. The number of aliphatic hydroxyl groups is 1. The number of benzene rings is 1. The highest BCUT2D eigenvalue weighted by Gasteiger charge is 2.34. The lowest BCUT2D eigenvalue weighted by Crippen LogP contribution is -2.41. The molecular formula is C12H16ClNO2. The predicted molar refractivity (Wildman–Crippen MR) is 63.5 cm³/mol. The van der Waals surface area contributed by atoms with Crippen LogP contribution in [0.5, 0.6) is 5.75 Å². The molecule has 3 nitrogen and oxygen atoms in total. The zero-order valence-corrected chi connectivity index (χ0v) is 9.74. The van der Waals surface area contributed by atoms with Crippen molar-refractivity contribution in [1.82, 2.24) is 0 Å². The molecule has 1 saturated carbocycles. The first-order valence-electron chi connectivity index (χ1n) is 5.48. The molecule has 1 aromatic carbocycles. The molecule has 1 aliphatic carbocycles. The predicted octanol–water partition coefficient (Wildman–Crippen LogP) is 2.13. The second-order valence-corrected chi connectivity index (χ2v) is 4.93. The van der Waals surface area contributed by atoms with Crippen LogP contribution in [0.2, 0.25) is 5.02 Å². The number of para-hydroxylation sites is 1. The summed E-state index contributed by atoms with van der Waals surface area (Å²) in [5.74, 6) is 0.0723. The minimum atomic E-state index is -0.561. The molecule has 0 unspecified atom stereocenters. The molecule has 1 aliphatic rings. The van der Waals surface area contributed by atoms with Gasteiger partial charge in [0, 0.05) is 11.1 Å². The van der Waals surface area contributed by atoms with Crippen LogP contribution >= 0.6 is 11.6 Å². The molecule has 4 N–H and O–H groups in total. The topological polar surface area (TPSA) is 66.5 Å². The molecule has 0 atom stereocenters. The second-order valence-electron chi connectivity index (χ2n) is 4.52. The lowest BCUT2D eigenvalue weighted by Gasteiger charge is -2.36. The van der Waals surface area contributed by atoms with E-state index < -0.39 is 5.54 Å². The number of aliphatic hydroxyl groups excluding tert-OH is 1. The molecule has 0 radical (unpaired) electrons. The zero-order valence-electron chi connectivity index (χ0n) is 8.99. The van der Waals surface area contributed by atoms with Crippen LogP contribution in [-0.4, -0.2) is 16.3 Å². The average Bonchev–Trinajstić information content (AvgIpc) is 2.27. The fourth-order valence-corrected chi connectivity index (χ4v) is 2.48. The third kappa shape index (κ3) is 2.03. The Morgan fingerprint density at radius 1 is 1.31 bits per heavy atom. The van der Waals surface area contributed by atoms with E-state index in [1.807, 2.05) is 0 Å². The van der Waals surface area contributed by atoms with Gasteiger partial charge in [0.15, 0.2) is 0 Å². The van der Waals surface area contributed by atoms with Crippen molar-refractivity contribution in [3.05, 3.63) is 28.8 Å². The molecule has 0 bridgehead atoms. The summed E-state index contributed by atoms with van der Waals surface area (Å²) in [6, 6.07) is 5.23. The van der Waals surface area contributed by atoms with Gasteiger partial charge >= 0.3 is 0 Å². The lowest BCUT2D eigenvalue weighted by atomic mass is 9.76. The molecule has 0 spiro atoms. The highest BCUT2D eigenvalue weighted by Crippen LogP contribution is 2.41. The van der Waals surface area contributed by atoms with E-state index in [1.165, 1.54) is 0 Å². The third-order valence-electron chi connectivity index (χ3n) is 3.37. The van der Waals surface area contributed by atoms with Crippen LogP contribution < -0.4 is 5.73 Å². The molecule has 0 aliphatic heterocycles. The van der Waals surface area contributed by atoms with Crippen LogP contribution in [0, 0.1) is 0 Å². The SMILES string of the molecule is NC1(c2cccc(Cl)c2O)CCC(O)CC1. The monoisotopic (exact) mass is 241 g/mol. The maximum Gasteiger partial charge on any atom is 0.139 e. The molecule has 0 aromatic heterocycles.